The fourth-order valence-electron chi connectivity index (χ4n) is 4.94. The number of fused-ring (bicyclic) bond motifs is 1. The summed E-state index contributed by atoms with van der Waals surface area (Å²) in [6.07, 6.45) is 2.62. The molecule has 0 N–H and O–H groups in total. The summed E-state index contributed by atoms with van der Waals surface area (Å²) in [5.41, 5.74) is 1.93. The summed E-state index contributed by atoms with van der Waals surface area (Å²) in [5.74, 6) is 0.112. The van der Waals surface area contributed by atoms with Crippen molar-refractivity contribution in [3.05, 3.63) is 86.0 Å². The Morgan fingerprint density at radius 2 is 1.95 bits per heavy atom. The molecule has 194 valence electrons. The number of halogens is 2. The van der Waals surface area contributed by atoms with Crippen LogP contribution in [0.2, 0.25) is 10.0 Å². The van der Waals surface area contributed by atoms with Crippen LogP contribution in [0, 0.1) is 0 Å². The zero-order valence-corrected chi connectivity index (χ0v) is 23.4. The monoisotopic (exact) mass is 574 g/mol. The average Bonchev–Trinajstić information content (AvgIpc) is 3.59. The van der Waals surface area contributed by atoms with Gasteiger partial charge in [0.05, 0.1) is 24.4 Å². The second-order valence-corrected chi connectivity index (χ2v) is 12.1. The van der Waals surface area contributed by atoms with Gasteiger partial charge in [-0.15, -0.1) is 23.1 Å². The number of rotatable bonds is 8. The van der Waals surface area contributed by atoms with E-state index in [1.807, 2.05) is 41.3 Å². The molecule has 9 heteroatoms. The summed E-state index contributed by atoms with van der Waals surface area (Å²) < 4.78 is 5.82. The van der Waals surface area contributed by atoms with Crippen molar-refractivity contribution >= 4 is 58.1 Å². The molecule has 2 aromatic carbocycles. The first-order chi connectivity index (χ1) is 18.0. The maximum Gasteiger partial charge on any atom is 0.242 e. The second kappa shape index (κ2) is 12.2. The van der Waals surface area contributed by atoms with E-state index in [1.54, 1.807) is 28.4 Å². The molecule has 2 aliphatic heterocycles. The lowest BCUT2D eigenvalue weighted by atomic mass is 9.93. The summed E-state index contributed by atoms with van der Waals surface area (Å²) >= 11 is 16.0. The van der Waals surface area contributed by atoms with Gasteiger partial charge in [0.2, 0.25) is 11.8 Å². The van der Waals surface area contributed by atoms with E-state index in [0.717, 1.165) is 35.3 Å². The molecule has 5 rings (SSSR count). The van der Waals surface area contributed by atoms with Crippen molar-refractivity contribution in [1.29, 1.82) is 0 Å². The molecule has 0 spiro atoms. The summed E-state index contributed by atoms with van der Waals surface area (Å²) in [4.78, 5) is 33.1. The molecule has 37 heavy (non-hydrogen) atoms. The second-order valence-electron chi connectivity index (χ2n) is 9.22. The third-order valence-corrected chi connectivity index (χ3v) is 9.33. The number of hydrogen-bond acceptors (Lipinski definition) is 5. The normalized spacial score (nSPS) is 19.0. The van der Waals surface area contributed by atoms with Gasteiger partial charge < -0.3 is 14.5 Å². The molecule has 0 radical (unpaired) electrons. The summed E-state index contributed by atoms with van der Waals surface area (Å²) in [7, 11) is 0. The SMILES string of the molecule is O=C(CSc1ccccc1)N(CC(=O)N1CCc2sccc2C1c1ccc(Cl)cc1Cl)CC1CCCO1. The Hall–Kier alpha value is -2.03. The first-order valence-corrected chi connectivity index (χ1v) is 15.0. The number of amides is 2. The Labute approximate surface area is 235 Å². The lowest BCUT2D eigenvalue weighted by molar-refractivity contribution is -0.141. The molecule has 1 saturated heterocycles. The van der Waals surface area contributed by atoms with Crippen LogP contribution in [0.5, 0.6) is 0 Å². The zero-order chi connectivity index (χ0) is 25.8. The van der Waals surface area contributed by atoms with E-state index in [4.69, 9.17) is 27.9 Å². The van der Waals surface area contributed by atoms with Crippen LogP contribution >= 0.6 is 46.3 Å². The predicted octanol–water partition coefficient (Wildman–Crippen LogP) is 6.33. The molecule has 2 atom stereocenters. The van der Waals surface area contributed by atoms with E-state index < -0.39 is 0 Å². The van der Waals surface area contributed by atoms with Crippen LogP contribution in [-0.4, -0.2) is 59.7 Å². The highest BCUT2D eigenvalue weighted by Gasteiger charge is 2.35. The molecule has 1 aromatic heterocycles. The van der Waals surface area contributed by atoms with Crippen molar-refractivity contribution in [3.63, 3.8) is 0 Å². The maximum atomic E-state index is 13.9. The van der Waals surface area contributed by atoms with E-state index in [9.17, 15) is 9.59 Å². The van der Waals surface area contributed by atoms with Gasteiger partial charge in [0.1, 0.15) is 0 Å². The van der Waals surface area contributed by atoms with Gasteiger partial charge in [-0.25, -0.2) is 0 Å². The number of thiophene rings is 1. The van der Waals surface area contributed by atoms with Gasteiger partial charge in [0.15, 0.2) is 0 Å². The van der Waals surface area contributed by atoms with E-state index in [0.29, 0.717) is 29.7 Å². The minimum atomic E-state index is -0.314. The van der Waals surface area contributed by atoms with Crippen molar-refractivity contribution < 1.29 is 14.3 Å². The molecule has 0 saturated carbocycles. The molecule has 0 bridgehead atoms. The van der Waals surface area contributed by atoms with Crippen molar-refractivity contribution in [2.75, 3.05) is 32.0 Å². The fraction of sp³-hybridized carbons (Fsp3) is 0.357. The van der Waals surface area contributed by atoms with Crippen molar-refractivity contribution in [2.24, 2.45) is 0 Å². The summed E-state index contributed by atoms with van der Waals surface area (Å²) in [5, 5.41) is 3.14. The smallest absolute Gasteiger partial charge is 0.242 e. The Kier molecular flexibility index (Phi) is 8.78. The molecule has 0 aliphatic carbocycles. The first-order valence-electron chi connectivity index (χ1n) is 12.4. The van der Waals surface area contributed by atoms with Gasteiger partial charge >= 0.3 is 0 Å². The average molecular weight is 576 g/mol. The van der Waals surface area contributed by atoms with Gasteiger partial charge in [-0.1, -0.05) is 47.5 Å². The van der Waals surface area contributed by atoms with Crippen LogP contribution in [0.15, 0.2) is 64.9 Å². The molecule has 3 aromatic rings. The molecule has 2 aliphatic rings. The van der Waals surface area contributed by atoms with Crippen molar-refractivity contribution in [2.45, 2.75) is 36.3 Å². The first kappa shape index (κ1) is 26.6. The van der Waals surface area contributed by atoms with Crippen molar-refractivity contribution in [1.82, 2.24) is 9.80 Å². The van der Waals surface area contributed by atoms with Crippen LogP contribution in [0.25, 0.3) is 0 Å². The van der Waals surface area contributed by atoms with Gasteiger partial charge in [0, 0.05) is 39.5 Å². The molecule has 2 unspecified atom stereocenters. The van der Waals surface area contributed by atoms with E-state index in [2.05, 4.69) is 11.4 Å². The lowest BCUT2D eigenvalue weighted by Gasteiger charge is -2.38. The van der Waals surface area contributed by atoms with Gasteiger partial charge in [0.25, 0.3) is 0 Å². The number of ether oxygens (including phenoxy) is 1. The third kappa shape index (κ3) is 6.35. The third-order valence-electron chi connectivity index (χ3n) is 6.78. The van der Waals surface area contributed by atoms with Crippen LogP contribution in [-0.2, 0) is 20.7 Å². The molecular weight excluding hydrogens is 547 g/mol. The topological polar surface area (TPSA) is 49.9 Å². The number of hydrogen-bond donors (Lipinski definition) is 0. The maximum absolute atomic E-state index is 13.9. The number of carbonyl (C=O) groups excluding carboxylic acids is 2. The molecule has 5 nitrogen and oxygen atoms in total. The molecule has 3 heterocycles. The number of benzene rings is 2. The van der Waals surface area contributed by atoms with Gasteiger partial charge in [-0.05, 0) is 66.1 Å². The Balaban J connectivity index is 1.37. The zero-order valence-electron chi connectivity index (χ0n) is 20.3. The Morgan fingerprint density at radius 3 is 2.70 bits per heavy atom. The standard InChI is InChI=1S/C28H28Cl2N2O3S2/c29-19-8-9-22(24(30)15-19)28-23-11-14-36-25(23)10-12-32(28)26(33)17-31(16-20-5-4-13-35-20)27(34)18-37-21-6-2-1-3-7-21/h1-3,6-9,11,14-15,20,28H,4-5,10,12-13,16-18H2. The Bertz CT molecular complexity index is 1250. The van der Waals surface area contributed by atoms with Crippen molar-refractivity contribution in [3.8, 4) is 0 Å². The minimum absolute atomic E-state index is 0.00915. The van der Waals surface area contributed by atoms with E-state index in [1.165, 1.54) is 16.6 Å². The molecule has 1 fully saturated rings. The van der Waals surface area contributed by atoms with Crippen LogP contribution in [0.4, 0.5) is 0 Å². The van der Waals surface area contributed by atoms with Gasteiger partial charge in [-0.2, -0.15) is 0 Å². The fourth-order valence-corrected chi connectivity index (χ4v) is 7.18. The number of thioether (sulfide) groups is 1. The summed E-state index contributed by atoms with van der Waals surface area (Å²) in [6.45, 7) is 1.69. The van der Waals surface area contributed by atoms with Gasteiger partial charge in [-0.3, -0.25) is 9.59 Å². The molecular formula is C28H28Cl2N2O3S2. The number of nitrogens with zero attached hydrogens (tertiary/aromatic N) is 2. The highest BCUT2D eigenvalue weighted by atomic mass is 35.5. The summed E-state index contributed by atoms with van der Waals surface area (Å²) in [6, 6.07) is 17.0. The van der Waals surface area contributed by atoms with Crippen LogP contribution in [0.3, 0.4) is 0 Å². The predicted molar refractivity (Wildman–Crippen MR) is 151 cm³/mol. The lowest BCUT2D eigenvalue weighted by Crippen LogP contribution is -2.48. The minimum Gasteiger partial charge on any atom is -0.376 e. The van der Waals surface area contributed by atoms with E-state index in [-0.39, 0.29) is 36.3 Å². The Morgan fingerprint density at radius 1 is 1.11 bits per heavy atom. The highest BCUT2D eigenvalue weighted by Crippen LogP contribution is 2.41. The number of carbonyl (C=O) groups is 2. The highest BCUT2D eigenvalue weighted by molar-refractivity contribution is 8.00. The quantitative estimate of drug-likeness (QED) is 0.295. The molecule has 2 amide bonds. The van der Waals surface area contributed by atoms with E-state index >= 15 is 0 Å². The van der Waals surface area contributed by atoms with Crippen LogP contribution < -0.4 is 0 Å². The van der Waals surface area contributed by atoms with Crippen LogP contribution in [0.1, 0.15) is 34.9 Å². The largest absolute Gasteiger partial charge is 0.376 e.